The van der Waals surface area contributed by atoms with Crippen LogP contribution >= 0.6 is 11.3 Å². The van der Waals surface area contributed by atoms with Gasteiger partial charge in [-0.25, -0.2) is 18.4 Å². The molecule has 0 aliphatic carbocycles. The third kappa shape index (κ3) is 6.10. The molecule has 0 saturated carbocycles. The first-order valence-electron chi connectivity index (χ1n) is 13.8. The van der Waals surface area contributed by atoms with E-state index in [-0.39, 0.29) is 15.9 Å². The van der Waals surface area contributed by atoms with Gasteiger partial charge in [-0.05, 0) is 72.8 Å². The van der Waals surface area contributed by atoms with E-state index in [0.717, 1.165) is 16.1 Å². The highest BCUT2D eigenvalue weighted by atomic mass is 32.2. The number of hydrogen-bond acceptors (Lipinski definition) is 10. The second kappa shape index (κ2) is 12.4. The molecule has 44 heavy (non-hydrogen) atoms. The third-order valence-electron chi connectivity index (χ3n) is 7.29. The first-order valence-corrected chi connectivity index (χ1v) is 16.1. The Morgan fingerprint density at radius 2 is 1.64 bits per heavy atom. The van der Waals surface area contributed by atoms with Crippen LogP contribution in [-0.4, -0.2) is 69.6 Å². The predicted molar refractivity (Wildman–Crippen MR) is 172 cm³/mol. The monoisotopic (exact) mass is 630 g/mol. The minimum absolute atomic E-state index is 0.0707. The number of ether oxygens (including phenoxy) is 2. The smallest absolute Gasteiger partial charge is 0.263 e. The molecule has 0 atom stereocenters. The highest BCUT2D eigenvalue weighted by molar-refractivity contribution is 7.93. The molecule has 0 bridgehead atoms. The zero-order valence-electron chi connectivity index (χ0n) is 24.1. The van der Waals surface area contributed by atoms with Crippen molar-refractivity contribution in [3.8, 4) is 11.5 Å². The lowest BCUT2D eigenvalue weighted by Crippen LogP contribution is -2.48. The molecule has 3 aromatic carbocycles. The number of methoxy groups -OCH3 is 2. The minimum atomic E-state index is -3.89. The lowest BCUT2D eigenvalue weighted by Gasteiger charge is -2.36. The summed E-state index contributed by atoms with van der Waals surface area (Å²) in [4.78, 5) is 26.4. The summed E-state index contributed by atoms with van der Waals surface area (Å²) in [7, 11) is -0.706. The number of benzene rings is 3. The van der Waals surface area contributed by atoms with Crippen molar-refractivity contribution in [1.82, 2.24) is 14.9 Å². The number of carbonyl (C=O) groups is 1. The molecular weight excluding hydrogens is 601 g/mol. The number of amides is 1. The normalized spacial score (nSPS) is 13.5. The first kappa shape index (κ1) is 29.2. The Labute approximate surface area is 259 Å². The zero-order chi connectivity index (χ0) is 30.7. The maximum absolute atomic E-state index is 13.5. The summed E-state index contributed by atoms with van der Waals surface area (Å²) >= 11 is 1.22. The molecule has 226 valence electrons. The van der Waals surface area contributed by atoms with Crippen LogP contribution in [0, 0.1) is 0 Å². The number of pyridine rings is 1. The molecule has 0 radical (unpaired) electrons. The summed E-state index contributed by atoms with van der Waals surface area (Å²) in [5.74, 6) is 1.65. The van der Waals surface area contributed by atoms with Crippen LogP contribution in [0.5, 0.6) is 11.5 Å². The van der Waals surface area contributed by atoms with Crippen molar-refractivity contribution < 1.29 is 22.7 Å². The number of thiazole rings is 1. The number of aromatic nitrogens is 2. The Morgan fingerprint density at radius 1 is 0.886 bits per heavy atom. The average Bonchev–Trinajstić information content (AvgIpc) is 3.47. The molecule has 1 aliphatic heterocycles. The second-order valence-corrected chi connectivity index (χ2v) is 12.7. The molecule has 1 fully saturated rings. The van der Waals surface area contributed by atoms with Gasteiger partial charge in [-0.3, -0.25) is 9.52 Å². The predicted octanol–water partition coefficient (Wildman–Crippen LogP) is 5.22. The van der Waals surface area contributed by atoms with Crippen LogP contribution in [0.3, 0.4) is 0 Å². The van der Waals surface area contributed by atoms with Crippen molar-refractivity contribution in [3.63, 3.8) is 0 Å². The number of nitrogens with zero attached hydrogens (tertiary/aromatic N) is 4. The van der Waals surface area contributed by atoms with Crippen molar-refractivity contribution in [2.45, 2.75) is 4.90 Å². The minimum Gasteiger partial charge on any atom is -0.497 e. The molecular formula is C31H30N6O5S2. The van der Waals surface area contributed by atoms with Crippen LogP contribution in [0.4, 0.5) is 22.3 Å². The van der Waals surface area contributed by atoms with Crippen LogP contribution in [0.15, 0.2) is 90.0 Å². The maximum Gasteiger partial charge on any atom is 0.263 e. The number of nitrogens with one attached hydrogen (secondary N) is 2. The summed E-state index contributed by atoms with van der Waals surface area (Å²) in [5.41, 5.74) is 2.71. The summed E-state index contributed by atoms with van der Waals surface area (Å²) in [6, 6.07) is 23.1. The van der Waals surface area contributed by atoms with E-state index in [1.54, 1.807) is 50.7 Å². The van der Waals surface area contributed by atoms with Crippen LogP contribution in [-0.2, 0) is 10.0 Å². The van der Waals surface area contributed by atoms with Crippen molar-refractivity contribution >= 4 is 59.8 Å². The Bertz CT molecular complexity index is 1890. The quantitative estimate of drug-likeness (QED) is 0.226. The lowest BCUT2D eigenvalue weighted by atomic mass is 10.2. The van der Waals surface area contributed by atoms with Gasteiger partial charge in [0.05, 0.1) is 29.4 Å². The molecule has 13 heteroatoms. The largest absolute Gasteiger partial charge is 0.497 e. The van der Waals surface area contributed by atoms with Crippen LogP contribution in [0.1, 0.15) is 10.4 Å². The van der Waals surface area contributed by atoms with Crippen LogP contribution in [0.25, 0.3) is 10.2 Å². The van der Waals surface area contributed by atoms with E-state index >= 15 is 0 Å². The van der Waals surface area contributed by atoms with Gasteiger partial charge in [0.15, 0.2) is 5.13 Å². The Kier molecular flexibility index (Phi) is 8.22. The van der Waals surface area contributed by atoms with Crippen molar-refractivity contribution in [3.05, 3.63) is 90.6 Å². The van der Waals surface area contributed by atoms with E-state index in [2.05, 4.69) is 24.9 Å². The number of rotatable bonds is 9. The standard InChI is InChI=1S/C31H30N6O5S2/c1-41-23-12-10-22(11-13-23)36-17-19-37(20-18-36)30(38)25-5-4-16-32-29(25)33-21-8-14-24(15-9-21)44(39,40)35-31-34-28-26(42-2)6-3-7-27(28)43-31/h3-16H,17-20H2,1-2H3,(H,32,33)(H,34,35). The van der Waals surface area contributed by atoms with E-state index < -0.39 is 10.0 Å². The summed E-state index contributed by atoms with van der Waals surface area (Å²) < 4.78 is 40.1. The second-order valence-electron chi connectivity index (χ2n) is 9.96. The van der Waals surface area contributed by atoms with Gasteiger partial charge in [0, 0.05) is 43.8 Å². The Balaban J connectivity index is 1.11. The number of piperazine rings is 1. The van der Waals surface area contributed by atoms with E-state index in [9.17, 15) is 13.2 Å². The number of sulfonamides is 1. The van der Waals surface area contributed by atoms with Gasteiger partial charge in [-0.1, -0.05) is 17.4 Å². The van der Waals surface area contributed by atoms with Gasteiger partial charge in [0.1, 0.15) is 22.8 Å². The fraction of sp³-hybridized carbons (Fsp3) is 0.194. The molecule has 1 amide bonds. The van der Waals surface area contributed by atoms with Gasteiger partial charge in [-0.15, -0.1) is 0 Å². The van der Waals surface area contributed by atoms with Crippen LogP contribution < -0.4 is 24.4 Å². The average molecular weight is 631 g/mol. The van der Waals surface area contributed by atoms with E-state index in [1.165, 1.54) is 23.5 Å². The van der Waals surface area contributed by atoms with Crippen molar-refractivity contribution in [2.75, 3.05) is 55.3 Å². The topological polar surface area (TPSA) is 126 Å². The van der Waals surface area contributed by atoms with Crippen LogP contribution in [0.2, 0.25) is 0 Å². The highest BCUT2D eigenvalue weighted by Crippen LogP contribution is 2.33. The zero-order valence-corrected chi connectivity index (χ0v) is 25.7. The molecule has 11 nitrogen and oxygen atoms in total. The summed E-state index contributed by atoms with van der Waals surface area (Å²) in [6.07, 6.45) is 1.61. The molecule has 1 aliphatic rings. The Hall–Kier alpha value is -4.88. The highest BCUT2D eigenvalue weighted by Gasteiger charge is 2.25. The summed E-state index contributed by atoms with van der Waals surface area (Å²) in [5, 5.41) is 3.42. The number of fused-ring (bicyclic) bond motifs is 1. The van der Waals surface area contributed by atoms with Crippen molar-refractivity contribution in [1.29, 1.82) is 0 Å². The fourth-order valence-electron chi connectivity index (χ4n) is 4.97. The number of hydrogen-bond donors (Lipinski definition) is 2. The molecule has 0 spiro atoms. The molecule has 2 aromatic heterocycles. The van der Waals surface area contributed by atoms with Gasteiger partial charge in [0.25, 0.3) is 15.9 Å². The first-order chi connectivity index (χ1) is 21.3. The molecule has 2 N–H and O–H groups in total. The SMILES string of the molecule is COc1ccc(N2CCN(C(=O)c3cccnc3Nc3ccc(S(=O)(=O)Nc4nc5c(OC)cccc5s4)cc3)CC2)cc1. The van der Waals surface area contributed by atoms with Gasteiger partial charge >= 0.3 is 0 Å². The summed E-state index contributed by atoms with van der Waals surface area (Å²) in [6.45, 7) is 2.55. The number of anilines is 4. The van der Waals surface area contributed by atoms with Gasteiger partial charge in [0.2, 0.25) is 0 Å². The Morgan fingerprint density at radius 3 is 2.34 bits per heavy atom. The van der Waals surface area contributed by atoms with E-state index in [4.69, 9.17) is 9.47 Å². The molecule has 3 heterocycles. The molecule has 0 unspecified atom stereocenters. The molecule has 6 rings (SSSR count). The lowest BCUT2D eigenvalue weighted by molar-refractivity contribution is 0.0747. The molecule has 5 aromatic rings. The number of para-hydroxylation sites is 1. The van der Waals surface area contributed by atoms with Gasteiger partial charge in [-0.2, -0.15) is 0 Å². The van der Waals surface area contributed by atoms with E-state index in [0.29, 0.717) is 54.5 Å². The van der Waals surface area contributed by atoms with E-state index in [1.807, 2.05) is 41.3 Å². The van der Waals surface area contributed by atoms with Crippen molar-refractivity contribution in [2.24, 2.45) is 0 Å². The van der Waals surface area contributed by atoms with Gasteiger partial charge < -0.3 is 24.6 Å². The fourth-order valence-corrected chi connectivity index (χ4v) is 7.09. The maximum atomic E-state index is 13.5. The third-order valence-corrected chi connectivity index (χ3v) is 9.71. The number of carbonyl (C=O) groups excluding carboxylic acids is 1. The molecule has 1 saturated heterocycles.